The van der Waals surface area contributed by atoms with E-state index < -0.39 is 0 Å². The number of hydrogen-bond donors (Lipinski definition) is 0. The van der Waals surface area contributed by atoms with Crippen LogP contribution in [-0.2, 0) is 0 Å². The van der Waals surface area contributed by atoms with Gasteiger partial charge in [-0.15, -0.1) is 29.8 Å². The molecule has 0 aromatic carbocycles. The molecule has 2 atom stereocenters. The second-order valence-corrected chi connectivity index (χ2v) is 4.63. The second kappa shape index (κ2) is 2.66. The third-order valence-corrected chi connectivity index (χ3v) is 4.65. The fourth-order valence-corrected chi connectivity index (χ4v) is 2.61. The van der Waals surface area contributed by atoms with E-state index in [0.29, 0.717) is 0 Å². The van der Waals surface area contributed by atoms with E-state index in [4.69, 9.17) is 0 Å². The van der Waals surface area contributed by atoms with Crippen LogP contribution in [0.3, 0.4) is 0 Å². The molecular weight excluding hydrogens is 166 g/mol. The Bertz CT molecular complexity index is 205. The Morgan fingerprint density at radius 2 is 1.33 bits per heavy atom. The topological polar surface area (TPSA) is 0 Å². The van der Waals surface area contributed by atoms with Crippen molar-refractivity contribution in [2.45, 2.75) is 13.8 Å². The van der Waals surface area contributed by atoms with Gasteiger partial charge in [0.25, 0.3) is 0 Å². The smallest absolute Gasteiger partial charge is 0.00949 e. The summed E-state index contributed by atoms with van der Waals surface area (Å²) in [5, 5.41) is 2.70. The highest BCUT2D eigenvalue weighted by atomic mass is 32.1. The lowest BCUT2D eigenvalue weighted by Gasteiger charge is -1.88. The molecule has 1 heterocycles. The van der Waals surface area contributed by atoms with Crippen LogP contribution in [0.2, 0.25) is 0 Å². The molecule has 9 heavy (non-hydrogen) atoms. The monoisotopic (exact) mass is 176 g/mol. The van der Waals surface area contributed by atoms with Gasteiger partial charge in [0.05, 0.1) is 0 Å². The van der Waals surface area contributed by atoms with Gasteiger partial charge < -0.3 is 0 Å². The van der Waals surface area contributed by atoms with Crippen LogP contribution in [0.25, 0.3) is 0 Å². The Balaban J connectivity index is 3.29. The number of hydrogen-bond acceptors (Lipinski definition) is 1. The Morgan fingerprint density at radius 1 is 1.00 bits per heavy atom. The normalized spacial score (nSPS) is 10.2. The molecular formula is C6H10P2S. The molecule has 1 aromatic heterocycles. The van der Waals surface area contributed by atoms with Gasteiger partial charge in [-0.3, -0.25) is 0 Å². The van der Waals surface area contributed by atoms with Gasteiger partial charge >= 0.3 is 0 Å². The minimum Gasteiger partial charge on any atom is -0.145 e. The van der Waals surface area contributed by atoms with E-state index in [2.05, 4.69) is 32.3 Å². The molecule has 0 spiro atoms. The number of rotatable bonds is 0. The lowest BCUT2D eigenvalue weighted by Crippen LogP contribution is -2.08. The molecule has 0 nitrogen and oxygen atoms in total. The van der Waals surface area contributed by atoms with Crippen LogP contribution in [0.5, 0.6) is 0 Å². The summed E-state index contributed by atoms with van der Waals surface area (Å²) in [4.78, 5) is 2.81. The SMILES string of the molecule is Cc1sc(C)c(P)c1P. The molecule has 0 fully saturated rings. The van der Waals surface area contributed by atoms with Gasteiger partial charge in [-0.05, 0) is 24.5 Å². The molecule has 3 heteroatoms. The largest absolute Gasteiger partial charge is 0.145 e. The summed E-state index contributed by atoms with van der Waals surface area (Å²) in [5.74, 6) is 0. The first kappa shape index (κ1) is 7.66. The van der Waals surface area contributed by atoms with Crippen LogP contribution in [-0.4, -0.2) is 0 Å². The van der Waals surface area contributed by atoms with Crippen molar-refractivity contribution in [2.24, 2.45) is 0 Å². The highest BCUT2D eigenvalue weighted by Crippen LogP contribution is 2.14. The van der Waals surface area contributed by atoms with E-state index >= 15 is 0 Å². The van der Waals surface area contributed by atoms with Crippen LogP contribution in [0, 0.1) is 13.8 Å². The van der Waals surface area contributed by atoms with Crippen LogP contribution < -0.4 is 10.6 Å². The lowest BCUT2D eigenvalue weighted by molar-refractivity contribution is 1.70. The highest BCUT2D eigenvalue weighted by molar-refractivity contribution is 7.39. The highest BCUT2D eigenvalue weighted by Gasteiger charge is 2.02. The summed E-state index contributed by atoms with van der Waals surface area (Å²) >= 11 is 1.85. The first-order valence-electron chi connectivity index (χ1n) is 2.74. The van der Waals surface area contributed by atoms with Gasteiger partial charge in [0.15, 0.2) is 0 Å². The number of thiophene rings is 1. The summed E-state index contributed by atoms with van der Waals surface area (Å²) in [7, 11) is 5.51. The summed E-state index contributed by atoms with van der Waals surface area (Å²) in [5.41, 5.74) is 0. The Kier molecular flexibility index (Phi) is 2.27. The molecule has 0 aliphatic rings. The van der Waals surface area contributed by atoms with E-state index in [9.17, 15) is 0 Å². The van der Waals surface area contributed by atoms with Gasteiger partial charge in [0.2, 0.25) is 0 Å². The third kappa shape index (κ3) is 1.34. The summed E-state index contributed by atoms with van der Waals surface area (Å²) in [6.07, 6.45) is 0. The van der Waals surface area contributed by atoms with E-state index in [1.165, 1.54) is 20.4 Å². The van der Waals surface area contributed by atoms with Gasteiger partial charge in [0.1, 0.15) is 0 Å². The summed E-state index contributed by atoms with van der Waals surface area (Å²) < 4.78 is 0. The summed E-state index contributed by atoms with van der Waals surface area (Å²) in [6, 6.07) is 0. The van der Waals surface area contributed by atoms with Crippen molar-refractivity contribution < 1.29 is 0 Å². The average Bonchev–Trinajstić information content (AvgIpc) is 1.98. The van der Waals surface area contributed by atoms with Gasteiger partial charge in [0, 0.05) is 9.75 Å². The molecule has 0 aliphatic carbocycles. The fourth-order valence-electron chi connectivity index (χ4n) is 0.719. The first-order chi connectivity index (χ1) is 4.13. The molecule has 0 bridgehead atoms. The zero-order valence-corrected chi connectivity index (χ0v) is 8.69. The maximum atomic E-state index is 2.76. The molecule has 0 saturated carbocycles. The van der Waals surface area contributed by atoms with Crippen molar-refractivity contribution in [3.05, 3.63) is 9.75 Å². The van der Waals surface area contributed by atoms with Crippen LogP contribution in [0.4, 0.5) is 0 Å². The minimum absolute atomic E-state index is 1.35. The zero-order valence-electron chi connectivity index (χ0n) is 5.56. The van der Waals surface area contributed by atoms with Crippen LogP contribution in [0.1, 0.15) is 9.75 Å². The van der Waals surface area contributed by atoms with E-state index in [1.807, 2.05) is 11.3 Å². The predicted molar refractivity (Wildman–Crippen MR) is 52.5 cm³/mol. The van der Waals surface area contributed by atoms with Crippen molar-refractivity contribution in [1.29, 1.82) is 0 Å². The second-order valence-electron chi connectivity index (χ2n) is 2.04. The molecule has 50 valence electrons. The molecule has 0 amide bonds. The molecule has 0 aliphatic heterocycles. The maximum absolute atomic E-state index is 2.76. The van der Waals surface area contributed by atoms with Gasteiger partial charge in [-0.25, -0.2) is 0 Å². The lowest BCUT2D eigenvalue weighted by atomic mass is 10.4. The van der Waals surface area contributed by atoms with Crippen LogP contribution in [0.15, 0.2) is 0 Å². The minimum atomic E-state index is 1.35. The molecule has 0 saturated heterocycles. The Hall–Kier alpha value is 0.560. The Labute approximate surface area is 64.5 Å². The molecule has 2 unspecified atom stereocenters. The zero-order chi connectivity index (χ0) is 7.02. The first-order valence-corrected chi connectivity index (χ1v) is 4.71. The molecule has 0 N–H and O–H groups in total. The van der Waals surface area contributed by atoms with Crippen molar-refractivity contribution in [3.8, 4) is 0 Å². The average molecular weight is 176 g/mol. The van der Waals surface area contributed by atoms with Crippen molar-refractivity contribution in [3.63, 3.8) is 0 Å². The number of aryl methyl sites for hydroxylation is 2. The van der Waals surface area contributed by atoms with E-state index in [1.54, 1.807) is 0 Å². The standard InChI is InChI=1S/C6H10P2S/c1-3-5(7)6(8)4(2)9-3/h7-8H2,1-2H3. The third-order valence-electron chi connectivity index (χ3n) is 1.35. The fraction of sp³-hybridized carbons (Fsp3) is 0.333. The Morgan fingerprint density at radius 3 is 1.44 bits per heavy atom. The quantitative estimate of drug-likeness (QED) is 0.524. The molecule has 0 radical (unpaired) electrons. The van der Waals surface area contributed by atoms with Crippen molar-refractivity contribution in [2.75, 3.05) is 0 Å². The molecule has 1 aromatic rings. The molecule has 1 rings (SSSR count). The van der Waals surface area contributed by atoms with E-state index in [-0.39, 0.29) is 0 Å². The van der Waals surface area contributed by atoms with Gasteiger partial charge in [-0.2, -0.15) is 0 Å². The van der Waals surface area contributed by atoms with Gasteiger partial charge in [-0.1, -0.05) is 0 Å². The predicted octanol–water partition coefficient (Wildman–Crippen LogP) is 1.37. The van der Waals surface area contributed by atoms with E-state index in [0.717, 1.165) is 0 Å². The van der Waals surface area contributed by atoms with Crippen LogP contribution >= 0.6 is 29.8 Å². The maximum Gasteiger partial charge on any atom is 0.00949 e. The summed E-state index contributed by atoms with van der Waals surface area (Å²) in [6.45, 7) is 4.29. The van der Waals surface area contributed by atoms with Crippen molar-refractivity contribution in [1.82, 2.24) is 0 Å². The van der Waals surface area contributed by atoms with Crippen molar-refractivity contribution >= 4 is 40.4 Å².